The second kappa shape index (κ2) is 6.34. The van der Waals surface area contributed by atoms with Gasteiger partial charge in [-0.1, -0.05) is 41.9 Å². The highest BCUT2D eigenvalue weighted by atomic mass is 35.5. The van der Waals surface area contributed by atoms with Gasteiger partial charge in [0.2, 0.25) is 5.91 Å². The number of hydrogen-bond acceptors (Lipinski definition) is 4. The van der Waals surface area contributed by atoms with E-state index in [-0.39, 0.29) is 0 Å². The van der Waals surface area contributed by atoms with Crippen molar-refractivity contribution in [1.82, 2.24) is 9.97 Å². The molecule has 6 heteroatoms. The molecule has 0 bridgehead atoms. The standard InChI is InChI=1S/C14H15ClN4O/c1-9-17-8-11(15)14(18-9)19-12(13(16)20)7-10-5-3-2-4-6-10/h2-6,8,12H,7H2,1H3,(H2,16,20)(H,17,18,19)/t12-/m0/s1. The molecule has 0 saturated carbocycles. The Hall–Kier alpha value is -2.14. The van der Waals surface area contributed by atoms with Gasteiger partial charge in [-0.2, -0.15) is 0 Å². The number of hydrogen-bond donors (Lipinski definition) is 2. The van der Waals surface area contributed by atoms with E-state index in [9.17, 15) is 4.79 Å². The summed E-state index contributed by atoms with van der Waals surface area (Å²) in [6, 6.07) is 9.03. The van der Waals surface area contributed by atoms with E-state index in [0.717, 1.165) is 5.56 Å². The van der Waals surface area contributed by atoms with Crippen LogP contribution in [0.2, 0.25) is 5.02 Å². The van der Waals surface area contributed by atoms with E-state index in [4.69, 9.17) is 17.3 Å². The molecule has 0 radical (unpaired) electrons. The number of primary amides is 1. The third-order valence-electron chi connectivity index (χ3n) is 2.80. The zero-order chi connectivity index (χ0) is 14.5. The molecule has 1 aromatic carbocycles. The molecule has 1 heterocycles. The molecule has 0 fully saturated rings. The smallest absolute Gasteiger partial charge is 0.240 e. The van der Waals surface area contributed by atoms with Gasteiger partial charge >= 0.3 is 0 Å². The van der Waals surface area contributed by atoms with E-state index in [1.165, 1.54) is 6.20 Å². The van der Waals surface area contributed by atoms with Gasteiger partial charge in [-0.15, -0.1) is 0 Å². The Labute approximate surface area is 122 Å². The van der Waals surface area contributed by atoms with Crippen LogP contribution in [-0.4, -0.2) is 21.9 Å². The number of nitrogens with two attached hydrogens (primary N) is 1. The highest BCUT2D eigenvalue weighted by molar-refractivity contribution is 6.32. The number of aromatic nitrogens is 2. The van der Waals surface area contributed by atoms with Crippen LogP contribution in [0.4, 0.5) is 5.82 Å². The highest BCUT2D eigenvalue weighted by Crippen LogP contribution is 2.19. The molecule has 0 aliphatic rings. The largest absolute Gasteiger partial charge is 0.368 e. The minimum Gasteiger partial charge on any atom is -0.368 e. The van der Waals surface area contributed by atoms with E-state index >= 15 is 0 Å². The third kappa shape index (κ3) is 3.68. The number of carbonyl (C=O) groups excluding carboxylic acids is 1. The summed E-state index contributed by atoms with van der Waals surface area (Å²) in [5.74, 6) is 0.528. The van der Waals surface area contributed by atoms with E-state index in [0.29, 0.717) is 23.1 Å². The topological polar surface area (TPSA) is 80.9 Å². The van der Waals surface area contributed by atoms with Crippen molar-refractivity contribution in [3.63, 3.8) is 0 Å². The maximum absolute atomic E-state index is 11.6. The van der Waals surface area contributed by atoms with Crippen molar-refractivity contribution in [1.29, 1.82) is 0 Å². The molecule has 2 rings (SSSR count). The molecule has 5 nitrogen and oxygen atoms in total. The summed E-state index contributed by atoms with van der Waals surface area (Å²) < 4.78 is 0. The van der Waals surface area contributed by atoms with Crippen LogP contribution in [-0.2, 0) is 11.2 Å². The molecule has 3 N–H and O–H groups in total. The summed E-state index contributed by atoms with van der Waals surface area (Å²) in [5, 5.41) is 3.33. The first-order chi connectivity index (χ1) is 9.56. The number of rotatable bonds is 5. The van der Waals surface area contributed by atoms with Crippen molar-refractivity contribution in [2.24, 2.45) is 5.73 Å². The first-order valence-electron chi connectivity index (χ1n) is 6.15. The molecule has 0 spiro atoms. The Morgan fingerprint density at radius 2 is 2.10 bits per heavy atom. The van der Waals surface area contributed by atoms with E-state index < -0.39 is 11.9 Å². The van der Waals surface area contributed by atoms with Gasteiger partial charge in [0.05, 0.1) is 6.20 Å². The fraction of sp³-hybridized carbons (Fsp3) is 0.214. The lowest BCUT2D eigenvalue weighted by Gasteiger charge is -2.17. The molecule has 0 aliphatic carbocycles. The van der Waals surface area contributed by atoms with Gasteiger partial charge in [-0.05, 0) is 12.5 Å². The molecule has 2 aromatic rings. The minimum absolute atomic E-state index is 0.356. The van der Waals surface area contributed by atoms with Crippen molar-refractivity contribution in [3.8, 4) is 0 Å². The fourth-order valence-electron chi connectivity index (χ4n) is 1.79. The number of anilines is 1. The van der Waals surface area contributed by atoms with Crippen molar-refractivity contribution in [3.05, 3.63) is 52.9 Å². The third-order valence-corrected chi connectivity index (χ3v) is 3.08. The summed E-state index contributed by atoms with van der Waals surface area (Å²) in [4.78, 5) is 19.7. The molecular formula is C14H15ClN4O. The number of benzene rings is 1. The predicted octanol–water partition coefficient (Wildman–Crippen LogP) is 1.95. The average Bonchev–Trinajstić information content (AvgIpc) is 2.43. The van der Waals surface area contributed by atoms with Crippen LogP contribution in [0.5, 0.6) is 0 Å². The molecule has 1 atom stereocenters. The maximum atomic E-state index is 11.6. The van der Waals surface area contributed by atoms with Crippen LogP contribution in [0.3, 0.4) is 0 Å². The van der Waals surface area contributed by atoms with Crippen LogP contribution >= 0.6 is 11.6 Å². The van der Waals surface area contributed by atoms with Gasteiger partial charge < -0.3 is 11.1 Å². The zero-order valence-corrected chi connectivity index (χ0v) is 11.8. The number of nitrogens with one attached hydrogen (secondary N) is 1. The molecule has 20 heavy (non-hydrogen) atoms. The predicted molar refractivity (Wildman–Crippen MR) is 78.5 cm³/mol. The van der Waals surface area contributed by atoms with Crippen LogP contribution in [0.25, 0.3) is 0 Å². The second-order valence-electron chi connectivity index (χ2n) is 4.40. The van der Waals surface area contributed by atoms with Crippen molar-refractivity contribution < 1.29 is 4.79 Å². The van der Waals surface area contributed by atoms with Crippen molar-refractivity contribution in [2.45, 2.75) is 19.4 Å². The number of carbonyl (C=O) groups is 1. The molecular weight excluding hydrogens is 276 g/mol. The maximum Gasteiger partial charge on any atom is 0.240 e. The number of aryl methyl sites for hydroxylation is 1. The van der Waals surface area contributed by atoms with Gasteiger partial charge in [0, 0.05) is 6.42 Å². The number of halogens is 1. The van der Waals surface area contributed by atoms with Gasteiger partial charge in [0.1, 0.15) is 22.7 Å². The first-order valence-corrected chi connectivity index (χ1v) is 6.53. The lowest BCUT2D eigenvalue weighted by atomic mass is 10.1. The molecule has 1 aromatic heterocycles. The Kier molecular flexibility index (Phi) is 4.53. The first kappa shape index (κ1) is 14.3. The Morgan fingerprint density at radius 1 is 1.40 bits per heavy atom. The van der Waals surface area contributed by atoms with Gasteiger partial charge in [0.15, 0.2) is 0 Å². The van der Waals surface area contributed by atoms with Gasteiger partial charge in [-0.25, -0.2) is 9.97 Å². The zero-order valence-electron chi connectivity index (χ0n) is 11.0. The van der Waals surface area contributed by atoms with E-state index in [2.05, 4.69) is 15.3 Å². The molecule has 0 saturated heterocycles. The van der Waals surface area contributed by atoms with Gasteiger partial charge in [0.25, 0.3) is 0 Å². The summed E-state index contributed by atoms with van der Waals surface area (Å²) in [7, 11) is 0. The summed E-state index contributed by atoms with van der Waals surface area (Å²) in [6.07, 6.45) is 1.96. The molecule has 104 valence electrons. The van der Waals surface area contributed by atoms with E-state index in [1.54, 1.807) is 6.92 Å². The van der Waals surface area contributed by atoms with Gasteiger partial charge in [-0.3, -0.25) is 4.79 Å². The average molecular weight is 291 g/mol. The second-order valence-corrected chi connectivity index (χ2v) is 4.81. The van der Waals surface area contributed by atoms with Crippen molar-refractivity contribution >= 4 is 23.3 Å². The summed E-state index contributed by atoms with van der Waals surface area (Å²) in [6.45, 7) is 1.75. The normalized spacial score (nSPS) is 11.9. The quantitative estimate of drug-likeness (QED) is 0.882. The van der Waals surface area contributed by atoms with Crippen molar-refractivity contribution in [2.75, 3.05) is 5.32 Å². The summed E-state index contributed by atoms with van der Waals surface area (Å²) >= 11 is 6.01. The molecule has 0 unspecified atom stereocenters. The van der Waals surface area contributed by atoms with Crippen LogP contribution in [0.1, 0.15) is 11.4 Å². The summed E-state index contributed by atoms with van der Waals surface area (Å²) in [5.41, 5.74) is 6.44. The number of nitrogens with zero attached hydrogens (tertiary/aromatic N) is 2. The highest BCUT2D eigenvalue weighted by Gasteiger charge is 2.18. The van der Waals surface area contributed by atoms with Crippen LogP contribution < -0.4 is 11.1 Å². The fourth-order valence-corrected chi connectivity index (χ4v) is 1.94. The Bertz CT molecular complexity index is 603. The Balaban J connectivity index is 2.18. The minimum atomic E-state index is -0.579. The SMILES string of the molecule is Cc1ncc(Cl)c(N[C@@H](Cc2ccccc2)C(N)=O)n1. The molecule has 1 amide bonds. The lowest BCUT2D eigenvalue weighted by molar-refractivity contribution is -0.118. The Morgan fingerprint density at radius 3 is 2.75 bits per heavy atom. The number of amides is 1. The lowest BCUT2D eigenvalue weighted by Crippen LogP contribution is -2.37. The van der Waals surface area contributed by atoms with E-state index in [1.807, 2.05) is 30.3 Å². The monoisotopic (exact) mass is 290 g/mol. The molecule has 0 aliphatic heterocycles. The van der Waals surface area contributed by atoms with Crippen LogP contribution in [0.15, 0.2) is 36.5 Å². The van der Waals surface area contributed by atoms with Crippen LogP contribution in [0, 0.1) is 6.92 Å².